The Bertz CT molecular complexity index is 230. The van der Waals surface area contributed by atoms with Crippen LogP contribution in [-0.4, -0.2) is 9.97 Å². The molecule has 0 spiro atoms. The Morgan fingerprint density at radius 3 is 2.56 bits per heavy atom. The van der Waals surface area contributed by atoms with Gasteiger partial charge in [-0.1, -0.05) is 5.92 Å². The molecule has 2 heteroatoms. The van der Waals surface area contributed by atoms with Crippen LogP contribution in [0.4, 0.5) is 0 Å². The van der Waals surface area contributed by atoms with Crippen molar-refractivity contribution in [3.05, 3.63) is 24.3 Å². The molecule has 0 radical (unpaired) electrons. The summed E-state index contributed by atoms with van der Waals surface area (Å²) >= 11 is 0. The van der Waals surface area contributed by atoms with E-state index in [9.17, 15) is 0 Å². The van der Waals surface area contributed by atoms with Gasteiger partial charge in [0.15, 0.2) is 0 Å². The first-order valence-corrected chi connectivity index (χ1v) is 2.61. The minimum atomic E-state index is 0.861. The topological polar surface area (TPSA) is 25.8 Å². The van der Waals surface area contributed by atoms with Gasteiger partial charge in [0.05, 0.1) is 5.56 Å². The van der Waals surface area contributed by atoms with E-state index in [4.69, 9.17) is 0 Å². The summed E-state index contributed by atoms with van der Waals surface area (Å²) in [4.78, 5) is 7.58. The summed E-state index contributed by atoms with van der Waals surface area (Å²) in [7, 11) is 0. The lowest BCUT2D eigenvalue weighted by Gasteiger charge is -1.82. The molecule has 0 aromatic carbocycles. The van der Waals surface area contributed by atoms with Crippen molar-refractivity contribution in [1.82, 2.24) is 9.97 Å². The van der Waals surface area contributed by atoms with Crippen LogP contribution in [-0.2, 0) is 0 Å². The van der Waals surface area contributed by atoms with Crippen LogP contribution in [0.1, 0.15) is 12.5 Å². The third-order valence-electron chi connectivity index (χ3n) is 0.830. The number of hydrogen-bond donors (Lipinski definition) is 0. The van der Waals surface area contributed by atoms with Gasteiger partial charge in [-0.15, -0.1) is 5.92 Å². The molecule has 0 saturated carbocycles. The predicted octanol–water partition coefficient (Wildman–Crippen LogP) is 0.848. The smallest absolute Gasteiger partial charge is 0.115 e. The molecule has 0 aliphatic heterocycles. The molecule has 0 atom stereocenters. The number of hydrogen-bond acceptors (Lipinski definition) is 2. The van der Waals surface area contributed by atoms with Crippen LogP contribution in [0.2, 0.25) is 0 Å². The molecule has 1 rings (SSSR count). The van der Waals surface area contributed by atoms with E-state index in [1.807, 2.05) is 0 Å². The lowest BCUT2D eigenvalue weighted by molar-refractivity contribution is 1.16. The van der Waals surface area contributed by atoms with E-state index in [0.717, 1.165) is 5.56 Å². The average molecular weight is 118 g/mol. The maximum Gasteiger partial charge on any atom is 0.115 e. The second kappa shape index (κ2) is 2.83. The number of rotatable bonds is 0. The Labute approximate surface area is 54.0 Å². The summed E-state index contributed by atoms with van der Waals surface area (Å²) in [6.07, 6.45) is 4.85. The highest BCUT2D eigenvalue weighted by Crippen LogP contribution is 1.86. The largest absolute Gasteiger partial charge is 0.244 e. The van der Waals surface area contributed by atoms with E-state index in [0.29, 0.717) is 0 Å². The minimum absolute atomic E-state index is 0.861. The van der Waals surface area contributed by atoms with E-state index >= 15 is 0 Å². The summed E-state index contributed by atoms with van der Waals surface area (Å²) in [6.45, 7) is 1.78. The third kappa shape index (κ3) is 1.54. The fourth-order valence-corrected chi connectivity index (χ4v) is 0.508. The molecule has 0 unspecified atom stereocenters. The van der Waals surface area contributed by atoms with Crippen LogP contribution in [0, 0.1) is 11.8 Å². The van der Waals surface area contributed by atoms with Crippen LogP contribution in [0.3, 0.4) is 0 Å². The first kappa shape index (κ1) is 5.77. The van der Waals surface area contributed by atoms with Gasteiger partial charge in [-0.25, -0.2) is 9.97 Å². The maximum absolute atomic E-state index is 3.79. The third-order valence-corrected chi connectivity index (χ3v) is 0.830. The highest BCUT2D eigenvalue weighted by atomic mass is 14.8. The van der Waals surface area contributed by atoms with Gasteiger partial charge in [-0.3, -0.25) is 0 Å². The van der Waals surface area contributed by atoms with Crippen LogP contribution in [0.5, 0.6) is 0 Å². The summed E-state index contributed by atoms with van der Waals surface area (Å²) < 4.78 is 0. The van der Waals surface area contributed by atoms with E-state index in [1.165, 1.54) is 6.33 Å². The second-order valence-electron chi connectivity index (χ2n) is 1.50. The van der Waals surface area contributed by atoms with Gasteiger partial charge >= 0.3 is 0 Å². The number of aromatic nitrogens is 2. The van der Waals surface area contributed by atoms with Gasteiger partial charge in [0.25, 0.3) is 0 Å². The SMILES string of the molecule is CC#Cc1cncnc1. The molecule has 0 amide bonds. The molecule has 0 fully saturated rings. The van der Waals surface area contributed by atoms with Crippen molar-refractivity contribution in [2.24, 2.45) is 0 Å². The van der Waals surface area contributed by atoms with Crippen molar-refractivity contribution in [3.8, 4) is 11.8 Å². The van der Waals surface area contributed by atoms with Crippen LogP contribution in [0.15, 0.2) is 18.7 Å². The molecule has 0 aliphatic rings. The fraction of sp³-hybridized carbons (Fsp3) is 0.143. The van der Waals surface area contributed by atoms with E-state index in [1.54, 1.807) is 19.3 Å². The molecule has 0 N–H and O–H groups in total. The zero-order chi connectivity index (χ0) is 6.53. The van der Waals surface area contributed by atoms with Crippen molar-refractivity contribution in [1.29, 1.82) is 0 Å². The monoisotopic (exact) mass is 118 g/mol. The van der Waals surface area contributed by atoms with Gasteiger partial charge in [-0.2, -0.15) is 0 Å². The lowest BCUT2D eigenvalue weighted by Crippen LogP contribution is -1.78. The quantitative estimate of drug-likeness (QED) is 0.472. The average Bonchev–Trinajstić information content (AvgIpc) is 1.91. The van der Waals surface area contributed by atoms with Gasteiger partial charge in [0.2, 0.25) is 0 Å². The Morgan fingerprint density at radius 1 is 1.33 bits per heavy atom. The molecule has 44 valence electrons. The predicted molar refractivity (Wildman–Crippen MR) is 34.6 cm³/mol. The van der Waals surface area contributed by atoms with Crippen LogP contribution >= 0.6 is 0 Å². The summed E-state index contributed by atoms with van der Waals surface area (Å²) in [5, 5.41) is 0. The molecule has 2 nitrogen and oxygen atoms in total. The van der Waals surface area contributed by atoms with Crippen LogP contribution in [0.25, 0.3) is 0 Å². The molecule has 1 heterocycles. The fourth-order valence-electron chi connectivity index (χ4n) is 0.508. The van der Waals surface area contributed by atoms with Crippen molar-refractivity contribution in [2.75, 3.05) is 0 Å². The normalized spacial score (nSPS) is 7.67. The Balaban J connectivity index is 2.94. The second-order valence-corrected chi connectivity index (χ2v) is 1.50. The van der Waals surface area contributed by atoms with Gasteiger partial charge in [0, 0.05) is 12.4 Å². The Hall–Kier alpha value is -1.36. The van der Waals surface area contributed by atoms with E-state index < -0.39 is 0 Å². The zero-order valence-electron chi connectivity index (χ0n) is 5.13. The highest BCUT2D eigenvalue weighted by Gasteiger charge is 1.79. The first-order chi connectivity index (χ1) is 4.43. The number of nitrogens with zero attached hydrogens (tertiary/aromatic N) is 2. The minimum Gasteiger partial charge on any atom is -0.244 e. The highest BCUT2D eigenvalue weighted by molar-refractivity contribution is 5.27. The van der Waals surface area contributed by atoms with Gasteiger partial charge in [-0.05, 0) is 6.92 Å². The molecular formula is C7H6N2. The zero-order valence-corrected chi connectivity index (χ0v) is 5.13. The van der Waals surface area contributed by atoms with Crippen molar-refractivity contribution < 1.29 is 0 Å². The van der Waals surface area contributed by atoms with Crippen molar-refractivity contribution in [2.45, 2.75) is 6.92 Å². The molecule has 0 bridgehead atoms. The molecule has 0 aliphatic carbocycles. The lowest BCUT2D eigenvalue weighted by atomic mass is 10.3. The Kier molecular flexibility index (Phi) is 1.81. The standard InChI is InChI=1S/C7H6N2/c1-2-3-7-4-8-6-9-5-7/h4-6H,1H3. The van der Waals surface area contributed by atoms with Crippen LogP contribution < -0.4 is 0 Å². The maximum atomic E-state index is 3.79. The van der Waals surface area contributed by atoms with Gasteiger partial charge in [0.1, 0.15) is 6.33 Å². The molecule has 1 aromatic rings. The Morgan fingerprint density at radius 2 is 2.00 bits per heavy atom. The van der Waals surface area contributed by atoms with Crippen molar-refractivity contribution in [3.63, 3.8) is 0 Å². The summed E-state index contributed by atoms with van der Waals surface area (Å²) in [6, 6.07) is 0. The van der Waals surface area contributed by atoms with Crippen molar-refractivity contribution >= 4 is 0 Å². The molecule has 1 aromatic heterocycles. The molecule has 0 saturated heterocycles. The van der Waals surface area contributed by atoms with E-state index in [2.05, 4.69) is 21.8 Å². The summed E-state index contributed by atoms with van der Waals surface area (Å²) in [5.74, 6) is 5.59. The molecule has 9 heavy (non-hydrogen) atoms. The molecular weight excluding hydrogens is 112 g/mol. The first-order valence-electron chi connectivity index (χ1n) is 2.61. The van der Waals surface area contributed by atoms with Gasteiger partial charge < -0.3 is 0 Å². The van der Waals surface area contributed by atoms with E-state index in [-0.39, 0.29) is 0 Å². The summed E-state index contributed by atoms with van der Waals surface area (Å²) in [5.41, 5.74) is 0.861.